The van der Waals surface area contributed by atoms with Crippen LogP contribution in [0.4, 0.5) is 0 Å². The molecule has 1 atom stereocenters. The summed E-state index contributed by atoms with van der Waals surface area (Å²) in [6.07, 6.45) is 3.88. The third-order valence-corrected chi connectivity index (χ3v) is 6.11. The Labute approximate surface area is 143 Å². The van der Waals surface area contributed by atoms with Gasteiger partial charge in [0.05, 0.1) is 4.90 Å². The molecule has 2 aliphatic rings. The normalized spacial score (nSPS) is 21.7. The highest BCUT2D eigenvalue weighted by Crippen LogP contribution is 2.23. The van der Waals surface area contributed by atoms with E-state index in [2.05, 4.69) is 10.0 Å². The van der Waals surface area contributed by atoms with Gasteiger partial charge >= 0.3 is 0 Å². The topological polar surface area (TPSA) is 78.5 Å². The largest absolute Gasteiger partial charge is 0.338 e. The van der Waals surface area contributed by atoms with Gasteiger partial charge in [-0.25, -0.2) is 13.1 Å². The van der Waals surface area contributed by atoms with E-state index in [1.807, 2.05) is 11.9 Å². The quantitative estimate of drug-likeness (QED) is 0.807. The summed E-state index contributed by atoms with van der Waals surface area (Å²) < 4.78 is 27.3. The van der Waals surface area contributed by atoms with Gasteiger partial charge in [-0.05, 0) is 63.4 Å². The lowest BCUT2D eigenvalue weighted by Crippen LogP contribution is -2.42. The van der Waals surface area contributed by atoms with Gasteiger partial charge in [0.1, 0.15) is 0 Å². The van der Waals surface area contributed by atoms with Crippen LogP contribution in [0.3, 0.4) is 0 Å². The van der Waals surface area contributed by atoms with Gasteiger partial charge in [0.2, 0.25) is 10.0 Å². The van der Waals surface area contributed by atoms with Crippen molar-refractivity contribution in [2.75, 3.05) is 26.7 Å². The van der Waals surface area contributed by atoms with Crippen molar-refractivity contribution < 1.29 is 13.2 Å². The Kier molecular flexibility index (Phi) is 5.22. The van der Waals surface area contributed by atoms with Gasteiger partial charge in [-0.1, -0.05) is 6.07 Å². The fourth-order valence-corrected chi connectivity index (χ4v) is 4.52. The van der Waals surface area contributed by atoms with Gasteiger partial charge in [0, 0.05) is 24.7 Å². The average Bonchev–Trinajstić information content (AvgIpc) is 3.38. The number of nitrogens with one attached hydrogen (secondary N) is 2. The SMILES string of the molecule is CNCC1CCCN(C(=O)c2cccc(S(=O)(=O)NC3CC3)c2)C1. The van der Waals surface area contributed by atoms with Crippen LogP contribution in [0.15, 0.2) is 29.2 Å². The first-order valence-electron chi connectivity index (χ1n) is 8.56. The van der Waals surface area contributed by atoms with Crippen LogP contribution in [0.25, 0.3) is 0 Å². The van der Waals surface area contributed by atoms with Crippen LogP contribution in [-0.4, -0.2) is 51.9 Å². The zero-order chi connectivity index (χ0) is 17.2. The van der Waals surface area contributed by atoms with Gasteiger partial charge in [-0.15, -0.1) is 0 Å². The first-order valence-corrected chi connectivity index (χ1v) is 10.0. The summed E-state index contributed by atoms with van der Waals surface area (Å²) in [7, 11) is -1.62. The Morgan fingerprint density at radius 3 is 2.79 bits per heavy atom. The molecule has 1 amide bonds. The van der Waals surface area contributed by atoms with E-state index in [9.17, 15) is 13.2 Å². The number of sulfonamides is 1. The van der Waals surface area contributed by atoms with Crippen LogP contribution in [-0.2, 0) is 10.0 Å². The standard InChI is InChI=1S/C17H25N3O3S/c1-18-11-13-4-3-9-20(12-13)17(21)14-5-2-6-16(10-14)24(22,23)19-15-7-8-15/h2,5-6,10,13,15,18-19H,3-4,7-9,11-12H2,1H3. The van der Waals surface area contributed by atoms with E-state index in [0.717, 1.165) is 45.3 Å². The highest BCUT2D eigenvalue weighted by atomic mass is 32.2. The lowest BCUT2D eigenvalue weighted by molar-refractivity contribution is 0.0674. The summed E-state index contributed by atoms with van der Waals surface area (Å²) in [5.41, 5.74) is 0.443. The molecule has 1 saturated heterocycles. The number of carbonyl (C=O) groups excluding carboxylic acids is 1. The summed E-state index contributed by atoms with van der Waals surface area (Å²) in [6.45, 7) is 2.34. The molecule has 1 aliphatic heterocycles. The maximum absolute atomic E-state index is 12.8. The molecule has 1 aromatic carbocycles. The molecule has 0 spiro atoms. The zero-order valence-electron chi connectivity index (χ0n) is 14.0. The summed E-state index contributed by atoms with van der Waals surface area (Å²) >= 11 is 0. The number of benzene rings is 1. The molecule has 1 heterocycles. The minimum absolute atomic E-state index is 0.0544. The number of carbonyl (C=O) groups is 1. The van der Waals surface area contributed by atoms with Crippen LogP contribution in [0.2, 0.25) is 0 Å². The van der Waals surface area contributed by atoms with Crippen LogP contribution >= 0.6 is 0 Å². The van der Waals surface area contributed by atoms with Crippen LogP contribution in [0, 0.1) is 5.92 Å². The molecule has 7 heteroatoms. The lowest BCUT2D eigenvalue weighted by Gasteiger charge is -2.32. The van der Waals surface area contributed by atoms with E-state index in [1.54, 1.807) is 18.2 Å². The first-order chi connectivity index (χ1) is 11.5. The lowest BCUT2D eigenvalue weighted by atomic mass is 9.97. The van der Waals surface area contributed by atoms with Crippen molar-refractivity contribution in [2.45, 2.75) is 36.6 Å². The molecule has 2 N–H and O–H groups in total. The third kappa shape index (κ3) is 4.15. The van der Waals surface area contributed by atoms with Gasteiger partial charge in [0.15, 0.2) is 0 Å². The molecule has 1 saturated carbocycles. The molecule has 24 heavy (non-hydrogen) atoms. The Balaban J connectivity index is 1.74. The smallest absolute Gasteiger partial charge is 0.253 e. The van der Waals surface area contributed by atoms with E-state index >= 15 is 0 Å². The second-order valence-electron chi connectivity index (χ2n) is 6.74. The second-order valence-corrected chi connectivity index (χ2v) is 8.45. The molecule has 1 aliphatic carbocycles. The van der Waals surface area contributed by atoms with Crippen LogP contribution < -0.4 is 10.0 Å². The molecule has 0 radical (unpaired) electrons. The predicted molar refractivity (Wildman–Crippen MR) is 92.3 cm³/mol. The number of piperidine rings is 1. The summed E-state index contributed by atoms with van der Waals surface area (Å²) in [5, 5.41) is 3.16. The Morgan fingerprint density at radius 2 is 2.08 bits per heavy atom. The van der Waals surface area contributed by atoms with E-state index in [4.69, 9.17) is 0 Å². The maximum atomic E-state index is 12.8. The average molecular weight is 351 g/mol. The van der Waals surface area contributed by atoms with Gasteiger partial charge < -0.3 is 10.2 Å². The second kappa shape index (κ2) is 7.21. The summed E-state index contributed by atoms with van der Waals surface area (Å²) in [5.74, 6) is 0.371. The van der Waals surface area contributed by atoms with Crippen molar-refractivity contribution in [3.8, 4) is 0 Å². The van der Waals surface area contributed by atoms with E-state index < -0.39 is 10.0 Å². The molecule has 1 unspecified atom stereocenters. The van der Waals surface area contributed by atoms with Crippen LogP contribution in [0.1, 0.15) is 36.0 Å². The van der Waals surface area contributed by atoms with Crippen molar-refractivity contribution in [2.24, 2.45) is 5.92 Å². The fraction of sp³-hybridized carbons (Fsp3) is 0.588. The van der Waals surface area contributed by atoms with Gasteiger partial charge in [-0.3, -0.25) is 4.79 Å². The molecule has 0 aromatic heterocycles. The van der Waals surface area contributed by atoms with E-state index in [1.165, 1.54) is 6.07 Å². The minimum Gasteiger partial charge on any atom is -0.338 e. The molecule has 1 aromatic rings. The van der Waals surface area contributed by atoms with E-state index in [-0.39, 0.29) is 16.8 Å². The fourth-order valence-electron chi connectivity index (χ4n) is 3.17. The molecular weight excluding hydrogens is 326 g/mol. The molecular formula is C17H25N3O3S. The minimum atomic E-state index is -3.53. The number of amides is 1. The molecule has 2 fully saturated rings. The van der Waals surface area contributed by atoms with Gasteiger partial charge in [-0.2, -0.15) is 0 Å². The van der Waals surface area contributed by atoms with Crippen molar-refractivity contribution in [3.63, 3.8) is 0 Å². The summed E-state index contributed by atoms with van der Waals surface area (Å²) in [6, 6.07) is 6.43. The monoisotopic (exact) mass is 351 g/mol. The Bertz CT molecular complexity index is 699. The van der Waals surface area contributed by atoms with Crippen LogP contribution in [0.5, 0.6) is 0 Å². The maximum Gasteiger partial charge on any atom is 0.253 e. The number of nitrogens with zero attached hydrogens (tertiary/aromatic N) is 1. The Morgan fingerprint density at radius 1 is 1.29 bits per heavy atom. The first kappa shape index (κ1) is 17.4. The molecule has 0 bridgehead atoms. The zero-order valence-corrected chi connectivity index (χ0v) is 14.8. The Hall–Kier alpha value is -1.44. The molecule has 6 nitrogen and oxygen atoms in total. The number of hydrogen-bond acceptors (Lipinski definition) is 4. The van der Waals surface area contributed by atoms with E-state index in [0.29, 0.717) is 11.5 Å². The molecule has 3 rings (SSSR count). The number of rotatable bonds is 6. The third-order valence-electron chi connectivity index (χ3n) is 4.59. The highest BCUT2D eigenvalue weighted by molar-refractivity contribution is 7.89. The number of hydrogen-bond donors (Lipinski definition) is 2. The van der Waals surface area contributed by atoms with Crippen molar-refractivity contribution in [1.82, 2.24) is 14.9 Å². The molecule has 132 valence electrons. The van der Waals surface area contributed by atoms with Gasteiger partial charge in [0.25, 0.3) is 5.91 Å². The van der Waals surface area contributed by atoms with Crippen molar-refractivity contribution >= 4 is 15.9 Å². The predicted octanol–water partition coefficient (Wildman–Crippen LogP) is 1.20. The van der Waals surface area contributed by atoms with Crippen molar-refractivity contribution in [1.29, 1.82) is 0 Å². The number of likely N-dealkylation sites (tertiary alicyclic amines) is 1. The highest BCUT2D eigenvalue weighted by Gasteiger charge is 2.29. The van der Waals surface area contributed by atoms with Crippen molar-refractivity contribution in [3.05, 3.63) is 29.8 Å². The summed E-state index contributed by atoms with van der Waals surface area (Å²) in [4.78, 5) is 14.8.